The van der Waals surface area contributed by atoms with Crippen molar-refractivity contribution in [3.05, 3.63) is 96.1 Å². The molecule has 37 heavy (non-hydrogen) atoms. The molecular weight excluding hydrogens is 460 g/mol. The van der Waals surface area contributed by atoms with Gasteiger partial charge in [-0.15, -0.1) is 0 Å². The standard InChI is InChI=1S/C30H34N6O/c1-36(2)28-25-15-9-10-16-26(25)33-29(35-28)31-23-17-19-24(20-18-23)32-30(37)34-27(21-11-5-3-6-12-21)22-13-7-4-8-14-22/h3-16,23-24,27H,17-20H2,1-2H3,(H,31,33,35)(H2,32,34,37). The number of amides is 2. The topological polar surface area (TPSA) is 82.2 Å². The van der Waals surface area contributed by atoms with E-state index in [1.165, 1.54) is 0 Å². The van der Waals surface area contributed by atoms with Crippen LogP contribution in [-0.2, 0) is 0 Å². The van der Waals surface area contributed by atoms with Crippen molar-refractivity contribution in [3.63, 3.8) is 0 Å². The second-order valence-corrected chi connectivity index (χ2v) is 9.85. The van der Waals surface area contributed by atoms with Crippen molar-refractivity contribution in [1.82, 2.24) is 20.6 Å². The van der Waals surface area contributed by atoms with E-state index in [0.717, 1.165) is 53.5 Å². The molecule has 3 N–H and O–H groups in total. The molecule has 5 rings (SSSR count). The van der Waals surface area contributed by atoms with Gasteiger partial charge in [-0.3, -0.25) is 0 Å². The molecule has 7 nitrogen and oxygen atoms in total. The summed E-state index contributed by atoms with van der Waals surface area (Å²) >= 11 is 0. The number of carbonyl (C=O) groups excluding carboxylic acids is 1. The lowest BCUT2D eigenvalue weighted by molar-refractivity contribution is 0.229. The minimum absolute atomic E-state index is 0.136. The molecule has 2 amide bonds. The first kappa shape index (κ1) is 24.6. The van der Waals surface area contributed by atoms with Crippen LogP contribution in [0.5, 0.6) is 0 Å². The van der Waals surface area contributed by atoms with E-state index < -0.39 is 0 Å². The van der Waals surface area contributed by atoms with Crippen LogP contribution >= 0.6 is 0 Å². The molecule has 0 radical (unpaired) electrons. The molecule has 0 bridgehead atoms. The molecule has 0 atom stereocenters. The molecule has 1 fully saturated rings. The Kier molecular flexibility index (Phi) is 7.49. The Morgan fingerprint density at radius 3 is 1.97 bits per heavy atom. The van der Waals surface area contributed by atoms with Crippen molar-refractivity contribution in [2.24, 2.45) is 0 Å². The Hall–Kier alpha value is -4.13. The van der Waals surface area contributed by atoms with E-state index in [1.807, 2.05) is 97.9 Å². The number of urea groups is 1. The SMILES string of the molecule is CN(C)c1nc(NC2CCC(NC(=O)NC(c3ccccc3)c3ccccc3)CC2)nc2ccccc12. The highest BCUT2D eigenvalue weighted by molar-refractivity contribution is 5.90. The molecule has 0 unspecified atom stereocenters. The van der Waals surface area contributed by atoms with Crippen molar-refractivity contribution in [3.8, 4) is 0 Å². The highest BCUT2D eigenvalue weighted by atomic mass is 16.2. The van der Waals surface area contributed by atoms with Crippen LogP contribution in [0.15, 0.2) is 84.9 Å². The number of carbonyl (C=O) groups is 1. The largest absolute Gasteiger partial charge is 0.362 e. The normalized spacial score (nSPS) is 17.4. The summed E-state index contributed by atoms with van der Waals surface area (Å²) in [5.41, 5.74) is 3.05. The third-order valence-electron chi connectivity index (χ3n) is 6.94. The minimum atomic E-state index is -0.198. The summed E-state index contributed by atoms with van der Waals surface area (Å²) in [6.07, 6.45) is 3.69. The average Bonchev–Trinajstić information content (AvgIpc) is 2.93. The van der Waals surface area contributed by atoms with Crippen LogP contribution in [0, 0.1) is 0 Å². The third kappa shape index (κ3) is 6.00. The van der Waals surface area contributed by atoms with Crippen LogP contribution in [0.25, 0.3) is 10.9 Å². The molecule has 7 heteroatoms. The average molecular weight is 495 g/mol. The Balaban J connectivity index is 1.18. The van der Waals surface area contributed by atoms with Crippen molar-refractivity contribution in [2.45, 2.75) is 43.8 Å². The Bertz CT molecular complexity index is 1280. The molecule has 3 aromatic carbocycles. The number of para-hydroxylation sites is 1. The molecule has 1 aliphatic carbocycles. The fourth-order valence-electron chi connectivity index (χ4n) is 5.04. The van der Waals surface area contributed by atoms with E-state index in [4.69, 9.17) is 9.97 Å². The number of hydrogen-bond donors (Lipinski definition) is 3. The van der Waals surface area contributed by atoms with E-state index in [9.17, 15) is 4.79 Å². The second-order valence-electron chi connectivity index (χ2n) is 9.85. The van der Waals surface area contributed by atoms with Gasteiger partial charge in [-0.2, -0.15) is 4.98 Å². The lowest BCUT2D eigenvalue weighted by atomic mass is 9.91. The number of rotatable bonds is 7. The van der Waals surface area contributed by atoms with Crippen molar-refractivity contribution >= 4 is 28.7 Å². The van der Waals surface area contributed by atoms with E-state index in [-0.39, 0.29) is 24.2 Å². The number of fused-ring (bicyclic) bond motifs is 1. The molecule has 1 aromatic heterocycles. The molecule has 190 valence electrons. The number of hydrogen-bond acceptors (Lipinski definition) is 5. The third-order valence-corrected chi connectivity index (χ3v) is 6.94. The first-order valence-electron chi connectivity index (χ1n) is 12.9. The van der Waals surface area contributed by atoms with Gasteiger partial charge >= 0.3 is 6.03 Å². The number of benzene rings is 3. The summed E-state index contributed by atoms with van der Waals surface area (Å²) in [7, 11) is 4.00. The fourth-order valence-corrected chi connectivity index (χ4v) is 5.04. The van der Waals surface area contributed by atoms with E-state index >= 15 is 0 Å². The van der Waals surface area contributed by atoms with Crippen molar-refractivity contribution in [2.75, 3.05) is 24.3 Å². The van der Waals surface area contributed by atoms with Crippen LogP contribution in [0.2, 0.25) is 0 Å². The second kappa shape index (κ2) is 11.3. The Morgan fingerprint density at radius 1 is 0.784 bits per heavy atom. The minimum Gasteiger partial charge on any atom is -0.362 e. The zero-order valence-corrected chi connectivity index (χ0v) is 21.4. The van der Waals surface area contributed by atoms with Gasteiger partial charge < -0.3 is 20.9 Å². The predicted octanol–water partition coefficient (Wildman–Crippen LogP) is 5.51. The van der Waals surface area contributed by atoms with Crippen LogP contribution in [0.4, 0.5) is 16.6 Å². The maximum absolute atomic E-state index is 13.0. The molecule has 0 spiro atoms. The summed E-state index contributed by atoms with van der Waals surface area (Å²) in [6, 6.07) is 28.3. The van der Waals surface area contributed by atoms with Gasteiger partial charge in [0.15, 0.2) is 0 Å². The molecule has 1 saturated carbocycles. The predicted molar refractivity (Wildman–Crippen MR) is 150 cm³/mol. The van der Waals surface area contributed by atoms with Crippen molar-refractivity contribution < 1.29 is 4.79 Å². The molecule has 4 aromatic rings. The van der Waals surface area contributed by atoms with E-state index in [0.29, 0.717) is 5.95 Å². The summed E-state index contributed by atoms with van der Waals surface area (Å²) < 4.78 is 0. The first-order chi connectivity index (χ1) is 18.1. The van der Waals surface area contributed by atoms with Gasteiger partial charge in [0.1, 0.15) is 5.82 Å². The van der Waals surface area contributed by atoms with Gasteiger partial charge in [0.2, 0.25) is 5.95 Å². The summed E-state index contributed by atoms with van der Waals surface area (Å²) in [5, 5.41) is 11.0. The lowest BCUT2D eigenvalue weighted by Gasteiger charge is -2.30. The number of nitrogens with zero attached hydrogens (tertiary/aromatic N) is 3. The van der Waals surface area contributed by atoms with E-state index in [1.54, 1.807) is 0 Å². The summed E-state index contributed by atoms with van der Waals surface area (Å²) in [4.78, 5) is 24.5. The molecule has 0 aliphatic heterocycles. The fraction of sp³-hybridized carbons (Fsp3) is 0.300. The lowest BCUT2D eigenvalue weighted by Crippen LogP contribution is -2.46. The highest BCUT2D eigenvalue weighted by Crippen LogP contribution is 2.27. The van der Waals surface area contributed by atoms with Crippen molar-refractivity contribution in [1.29, 1.82) is 0 Å². The maximum Gasteiger partial charge on any atom is 0.315 e. The van der Waals surface area contributed by atoms with Gasteiger partial charge in [0.25, 0.3) is 0 Å². The molecular formula is C30H34N6O. The number of nitrogens with one attached hydrogen (secondary N) is 3. The quantitative estimate of drug-likeness (QED) is 0.316. The first-order valence-corrected chi connectivity index (χ1v) is 12.9. The highest BCUT2D eigenvalue weighted by Gasteiger charge is 2.25. The Morgan fingerprint density at radius 2 is 1.35 bits per heavy atom. The van der Waals surface area contributed by atoms with Crippen LogP contribution in [0.3, 0.4) is 0 Å². The van der Waals surface area contributed by atoms with Gasteiger partial charge in [0, 0.05) is 31.6 Å². The summed E-state index contributed by atoms with van der Waals surface area (Å²) in [5.74, 6) is 1.57. The van der Waals surface area contributed by atoms with Crippen LogP contribution < -0.4 is 20.9 Å². The number of anilines is 2. The van der Waals surface area contributed by atoms with Gasteiger partial charge in [-0.25, -0.2) is 9.78 Å². The van der Waals surface area contributed by atoms with Crippen LogP contribution in [0.1, 0.15) is 42.9 Å². The van der Waals surface area contributed by atoms with Gasteiger partial charge in [0.05, 0.1) is 11.6 Å². The summed E-state index contributed by atoms with van der Waals surface area (Å²) in [6.45, 7) is 0. The van der Waals surface area contributed by atoms with E-state index in [2.05, 4.69) is 22.0 Å². The monoisotopic (exact) mass is 494 g/mol. The molecule has 1 heterocycles. The number of aromatic nitrogens is 2. The van der Waals surface area contributed by atoms with Crippen LogP contribution in [-0.4, -0.2) is 42.2 Å². The van der Waals surface area contributed by atoms with Gasteiger partial charge in [-0.05, 0) is 48.9 Å². The zero-order valence-electron chi connectivity index (χ0n) is 21.4. The zero-order chi connectivity index (χ0) is 25.6. The van der Waals surface area contributed by atoms with Gasteiger partial charge in [-0.1, -0.05) is 72.8 Å². The molecule has 1 aliphatic rings. The smallest absolute Gasteiger partial charge is 0.315 e. The molecule has 0 saturated heterocycles. The Labute approximate surface area is 218 Å². The maximum atomic E-state index is 13.0.